The number of ether oxygens (including phenoxy) is 1. The lowest BCUT2D eigenvalue weighted by Crippen LogP contribution is -2.07. The first kappa shape index (κ1) is 12.2. The van der Waals surface area contributed by atoms with Crippen LogP contribution in [-0.4, -0.2) is 15.9 Å². The zero-order valence-corrected chi connectivity index (χ0v) is 10.2. The van der Waals surface area contributed by atoms with Crippen molar-refractivity contribution in [2.75, 3.05) is 0 Å². The highest BCUT2D eigenvalue weighted by Crippen LogP contribution is 2.07. The second-order valence-electron chi connectivity index (χ2n) is 3.84. The van der Waals surface area contributed by atoms with Gasteiger partial charge in [0.1, 0.15) is 12.9 Å². The molecule has 2 rings (SSSR count). The molecule has 0 saturated carbocycles. The van der Waals surface area contributed by atoms with E-state index in [9.17, 15) is 4.79 Å². The summed E-state index contributed by atoms with van der Waals surface area (Å²) in [6.45, 7) is 2.36. The van der Waals surface area contributed by atoms with Crippen LogP contribution in [0.25, 0.3) is 0 Å². The third kappa shape index (κ3) is 3.13. The van der Waals surface area contributed by atoms with Gasteiger partial charge in [-0.1, -0.05) is 31.2 Å². The van der Waals surface area contributed by atoms with Crippen molar-refractivity contribution in [3.8, 4) is 0 Å². The molecule has 4 heteroatoms. The van der Waals surface area contributed by atoms with E-state index in [1.54, 1.807) is 0 Å². The predicted octanol–water partition coefficient (Wildman–Crippen LogP) is 2.40. The van der Waals surface area contributed by atoms with Gasteiger partial charge in [-0.15, -0.1) is 0 Å². The van der Waals surface area contributed by atoms with E-state index in [2.05, 4.69) is 16.9 Å². The van der Waals surface area contributed by atoms with Crippen molar-refractivity contribution in [2.45, 2.75) is 20.0 Å². The molecule has 1 aromatic heterocycles. The van der Waals surface area contributed by atoms with E-state index in [1.165, 1.54) is 24.2 Å². The molecule has 0 radical (unpaired) electrons. The zero-order valence-electron chi connectivity index (χ0n) is 10.2. The number of carbonyl (C=O) groups excluding carboxylic acids is 1. The van der Waals surface area contributed by atoms with Gasteiger partial charge in [0.15, 0.2) is 5.69 Å². The maximum absolute atomic E-state index is 11.6. The molecule has 0 atom stereocenters. The normalized spacial score (nSPS) is 10.1. The number of esters is 1. The van der Waals surface area contributed by atoms with Crippen LogP contribution in [0, 0.1) is 0 Å². The molecule has 0 amide bonds. The lowest BCUT2D eigenvalue weighted by Gasteiger charge is -2.05. The molecule has 0 spiro atoms. The fourth-order valence-electron chi connectivity index (χ4n) is 1.51. The van der Waals surface area contributed by atoms with Crippen molar-refractivity contribution in [2.24, 2.45) is 0 Å². The predicted molar refractivity (Wildman–Crippen MR) is 67.0 cm³/mol. The number of benzene rings is 1. The highest BCUT2D eigenvalue weighted by Gasteiger charge is 2.07. The number of aryl methyl sites for hydroxylation is 1. The summed E-state index contributed by atoms with van der Waals surface area (Å²) in [5.74, 6) is -0.433. The van der Waals surface area contributed by atoms with Crippen LogP contribution in [-0.2, 0) is 17.8 Å². The molecule has 0 aliphatic heterocycles. The summed E-state index contributed by atoms with van der Waals surface area (Å²) in [4.78, 5) is 19.2. The summed E-state index contributed by atoms with van der Waals surface area (Å²) in [5, 5.41) is 0. The Bertz CT molecular complexity index is 509. The molecule has 18 heavy (non-hydrogen) atoms. The Morgan fingerprint density at radius 1 is 1.17 bits per heavy atom. The van der Waals surface area contributed by atoms with Crippen LogP contribution < -0.4 is 0 Å². The summed E-state index contributed by atoms with van der Waals surface area (Å²) in [6.07, 6.45) is 3.84. The Morgan fingerprint density at radius 2 is 1.89 bits per heavy atom. The Morgan fingerprint density at radius 3 is 2.50 bits per heavy atom. The van der Waals surface area contributed by atoms with Crippen molar-refractivity contribution in [1.29, 1.82) is 0 Å². The summed E-state index contributed by atoms with van der Waals surface area (Å²) >= 11 is 0. The fraction of sp³-hybridized carbons (Fsp3) is 0.214. The Hall–Kier alpha value is -2.23. The summed E-state index contributed by atoms with van der Waals surface area (Å²) < 4.78 is 5.16. The van der Waals surface area contributed by atoms with E-state index in [4.69, 9.17) is 4.74 Å². The number of rotatable bonds is 4. The van der Waals surface area contributed by atoms with Crippen LogP contribution in [0.2, 0.25) is 0 Å². The van der Waals surface area contributed by atoms with E-state index in [-0.39, 0.29) is 12.3 Å². The van der Waals surface area contributed by atoms with Gasteiger partial charge < -0.3 is 4.74 Å². The van der Waals surface area contributed by atoms with Crippen LogP contribution in [0.15, 0.2) is 42.9 Å². The molecule has 1 aromatic carbocycles. The zero-order chi connectivity index (χ0) is 12.8. The van der Waals surface area contributed by atoms with Gasteiger partial charge in [0, 0.05) is 6.20 Å². The molecule has 0 bridgehead atoms. The van der Waals surface area contributed by atoms with E-state index >= 15 is 0 Å². The molecule has 0 aliphatic carbocycles. The second kappa shape index (κ2) is 5.91. The van der Waals surface area contributed by atoms with E-state index in [0.29, 0.717) is 0 Å². The first-order valence-corrected chi connectivity index (χ1v) is 5.80. The molecule has 0 unspecified atom stereocenters. The van der Waals surface area contributed by atoms with E-state index in [0.717, 1.165) is 12.0 Å². The molecular formula is C14H14N2O2. The molecule has 0 saturated heterocycles. The minimum absolute atomic E-state index is 0.257. The van der Waals surface area contributed by atoms with Gasteiger partial charge in [-0.05, 0) is 23.6 Å². The van der Waals surface area contributed by atoms with E-state index < -0.39 is 5.97 Å². The molecule has 0 aliphatic rings. The fourth-order valence-corrected chi connectivity index (χ4v) is 1.51. The SMILES string of the molecule is CCc1ccc(COC(=O)c2ccncn2)cc1. The minimum atomic E-state index is -0.433. The smallest absolute Gasteiger partial charge is 0.357 e. The molecule has 2 aromatic rings. The largest absolute Gasteiger partial charge is 0.456 e. The van der Waals surface area contributed by atoms with Crippen molar-refractivity contribution < 1.29 is 9.53 Å². The molecule has 0 fully saturated rings. The van der Waals surface area contributed by atoms with Gasteiger partial charge in [-0.25, -0.2) is 14.8 Å². The third-order valence-electron chi connectivity index (χ3n) is 2.59. The number of carbonyl (C=O) groups is 1. The molecular weight excluding hydrogens is 228 g/mol. The molecule has 4 nitrogen and oxygen atoms in total. The lowest BCUT2D eigenvalue weighted by molar-refractivity contribution is 0.0465. The molecule has 0 N–H and O–H groups in total. The lowest BCUT2D eigenvalue weighted by atomic mass is 10.1. The summed E-state index contributed by atoms with van der Waals surface area (Å²) in [6, 6.07) is 9.53. The van der Waals surface area contributed by atoms with E-state index in [1.807, 2.05) is 24.3 Å². The second-order valence-corrected chi connectivity index (χ2v) is 3.84. The standard InChI is InChI=1S/C14H14N2O2/c1-2-11-3-5-12(6-4-11)9-18-14(17)13-7-8-15-10-16-13/h3-8,10H,2,9H2,1H3. The maximum atomic E-state index is 11.6. The highest BCUT2D eigenvalue weighted by atomic mass is 16.5. The quantitative estimate of drug-likeness (QED) is 0.772. The first-order chi connectivity index (χ1) is 8.79. The monoisotopic (exact) mass is 242 g/mol. The van der Waals surface area contributed by atoms with Gasteiger partial charge in [0.2, 0.25) is 0 Å². The number of hydrogen-bond acceptors (Lipinski definition) is 4. The van der Waals surface area contributed by atoms with Gasteiger partial charge in [0.05, 0.1) is 0 Å². The van der Waals surface area contributed by atoms with Crippen molar-refractivity contribution >= 4 is 5.97 Å². The van der Waals surface area contributed by atoms with Crippen molar-refractivity contribution in [1.82, 2.24) is 9.97 Å². The van der Waals surface area contributed by atoms with Gasteiger partial charge in [0.25, 0.3) is 0 Å². The van der Waals surface area contributed by atoms with Crippen LogP contribution in [0.4, 0.5) is 0 Å². The van der Waals surface area contributed by atoms with Gasteiger partial charge >= 0.3 is 5.97 Å². The minimum Gasteiger partial charge on any atom is -0.456 e. The Labute approximate surface area is 106 Å². The number of aromatic nitrogens is 2. The van der Waals surface area contributed by atoms with Crippen molar-refractivity contribution in [3.63, 3.8) is 0 Å². The molecule has 92 valence electrons. The van der Waals surface area contributed by atoms with Crippen molar-refractivity contribution in [3.05, 3.63) is 59.7 Å². The maximum Gasteiger partial charge on any atom is 0.357 e. The third-order valence-corrected chi connectivity index (χ3v) is 2.59. The summed E-state index contributed by atoms with van der Waals surface area (Å²) in [5.41, 5.74) is 2.51. The Kier molecular flexibility index (Phi) is 4.02. The Balaban J connectivity index is 1.93. The first-order valence-electron chi connectivity index (χ1n) is 5.80. The van der Waals surface area contributed by atoms with Crippen LogP contribution in [0.3, 0.4) is 0 Å². The average molecular weight is 242 g/mol. The average Bonchev–Trinajstić information content (AvgIpc) is 2.46. The number of nitrogens with zero attached hydrogens (tertiary/aromatic N) is 2. The van der Waals surface area contributed by atoms with Crippen LogP contribution in [0.5, 0.6) is 0 Å². The number of hydrogen-bond donors (Lipinski definition) is 0. The van der Waals surface area contributed by atoms with Crippen LogP contribution in [0.1, 0.15) is 28.5 Å². The highest BCUT2D eigenvalue weighted by molar-refractivity contribution is 5.86. The topological polar surface area (TPSA) is 52.1 Å². The molecule has 1 heterocycles. The summed E-state index contributed by atoms with van der Waals surface area (Å²) in [7, 11) is 0. The van der Waals surface area contributed by atoms with Gasteiger partial charge in [-0.3, -0.25) is 0 Å². The van der Waals surface area contributed by atoms with Gasteiger partial charge in [-0.2, -0.15) is 0 Å². The van der Waals surface area contributed by atoms with Crippen LogP contribution >= 0.6 is 0 Å².